The number of aromatic nitrogens is 1. The minimum atomic E-state index is -0.729. The Kier molecular flexibility index (Phi) is 3.71. The van der Waals surface area contributed by atoms with Crippen molar-refractivity contribution in [2.24, 2.45) is 0 Å². The van der Waals surface area contributed by atoms with Crippen LogP contribution < -0.4 is 5.76 Å². The summed E-state index contributed by atoms with van der Waals surface area (Å²) in [6.45, 7) is 1.63. The minimum Gasteiger partial charge on any atom is -0.467 e. The van der Waals surface area contributed by atoms with Gasteiger partial charge in [0.2, 0.25) is 0 Å². The number of carbonyl (C=O) groups is 1. The zero-order valence-corrected chi connectivity index (χ0v) is 10.8. The molecule has 19 heavy (non-hydrogen) atoms. The van der Waals surface area contributed by atoms with Gasteiger partial charge < -0.3 is 14.3 Å². The van der Waals surface area contributed by atoms with E-state index in [1.165, 1.54) is 11.7 Å². The van der Waals surface area contributed by atoms with Crippen molar-refractivity contribution in [2.45, 2.75) is 26.0 Å². The molecule has 1 N–H and O–H groups in total. The third kappa shape index (κ3) is 2.26. The van der Waals surface area contributed by atoms with Crippen molar-refractivity contribution in [3.8, 4) is 0 Å². The van der Waals surface area contributed by atoms with Crippen molar-refractivity contribution in [3.63, 3.8) is 0 Å². The van der Waals surface area contributed by atoms with Crippen LogP contribution in [-0.4, -0.2) is 22.8 Å². The maximum Gasteiger partial charge on any atom is 0.420 e. The van der Waals surface area contributed by atoms with Gasteiger partial charge in [-0.25, -0.2) is 9.59 Å². The maximum atomic E-state index is 11.9. The molecule has 0 aliphatic heterocycles. The van der Waals surface area contributed by atoms with Crippen molar-refractivity contribution in [3.05, 3.63) is 34.3 Å². The number of hydrogen-bond acceptors (Lipinski definition) is 5. The number of aliphatic hydroxyl groups excluding tert-OH is 1. The Morgan fingerprint density at radius 3 is 2.84 bits per heavy atom. The van der Waals surface area contributed by atoms with Gasteiger partial charge in [-0.05, 0) is 24.1 Å². The summed E-state index contributed by atoms with van der Waals surface area (Å²) in [5, 5.41) is 9.14. The molecule has 0 bridgehead atoms. The second-order valence-electron chi connectivity index (χ2n) is 4.15. The molecular weight excluding hydrogens is 250 g/mol. The number of hydrogen-bond donors (Lipinski definition) is 1. The average molecular weight is 265 g/mol. The van der Waals surface area contributed by atoms with Crippen LogP contribution in [0.2, 0.25) is 0 Å². The van der Waals surface area contributed by atoms with E-state index in [-0.39, 0.29) is 6.61 Å². The van der Waals surface area contributed by atoms with Gasteiger partial charge in [-0.15, -0.1) is 0 Å². The van der Waals surface area contributed by atoms with Crippen LogP contribution in [0.25, 0.3) is 11.1 Å². The van der Waals surface area contributed by atoms with Crippen LogP contribution in [0.15, 0.2) is 27.4 Å². The number of rotatable bonds is 4. The molecule has 102 valence electrons. The molecule has 1 unspecified atom stereocenters. The van der Waals surface area contributed by atoms with Crippen LogP contribution in [-0.2, 0) is 16.1 Å². The fourth-order valence-corrected chi connectivity index (χ4v) is 2.06. The number of carbonyl (C=O) groups excluding carboxylic acids is 1. The molecule has 0 saturated carbocycles. The first-order valence-corrected chi connectivity index (χ1v) is 5.95. The second-order valence-corrected chi connectivity index (χ2v) is 4.15. The van der Waals surface area contributed by atoms with Gasteiger partial charge in [-0.1, -0.05) is 13.0 Å². The van der Waals surface area contributed by atoms with Crippen LogP contribution in [0, 0.1) is 0 Å². The highest BCUT2D eigenvalue weighted by molar-refractivity contribution is 5.79. The van der Waals surface area contributed by atoms with Gasteiger partial charge in [-0.2, -0.15) is 0 Å². The Morgan fingerprint density at radius 2 is 2.26 bits per heavy atom. The lowest BCUT2D eigenvalue weighted by Gasteiger charge is -2.13. The number of benzene rings is 1. The summed E-state index contributed by atoms with van der Waals surface area (Å²) in [6, 6.07) is 4.16. The molecule has 0 radical (unpaired) electrons. The summed E-state index contributed by atoms with van der Waals surface area (Å²) in [5.41, 5.74) is 1.50. The molecular formula is C13H15NO5. The lowest BCUT2D eigenvalue weighted by molar-refractivity contribution is -0.144. The van der Waals surface area contributed by atoms with Gasteiger partial charge in [0.1, 0.15) is 6.04 Å². The molecule has 1 aromatic heterocycles. The highest BCUT2D eigenvalue weighted by atomic mass is 16.5. The van der Waals surface area contributed by atoms with E-state index in [4.69, 9.17) is 14.3 Å². The molecule has 6 heteroatoms. The molecule has 0 amide bonds. The predicted octanol–water partition coefficient (Wildman–Crippen LogP) is 1.21. The van der Waals surface area contributed by atoms with E-state index in [1.807, 2.05) is 0 Å². The van der Waals surface area contributed by atoms with Crippen LogP contribution in [0.4, 0.5) is 0 Å². The average Bonchev–Trinajstić information content (AvgIpc) is 2.75. The molecule has 0 aliphatic carbocycles. The Hall–Kier alpha value is -2.08. The van der Waals surface area contributed by atoms with Crippen molar-refractivity contribution in [1.82, 2.24) is 4.57 Å². The molecule has 1 atom stereocenters. The van der Waals surface area contributed by atoms with Gasteiger partial charge in [0.15, 0.2) is 5.58 Å². The molecule has 1 aromatic carbocycles. The first-order chi connectivity index (χ1) is 9.12. The number of aliphatic hydroxyl groups is 1. The van der Waals surface area contributed by atoms with Gasteiger partial charge in [0.25, 0.3) is 0 Å². The lowest BCUT2D eigenvalue weighted by Crippen LogP contribution is -2.27. The quantitative estimate of drug-likeness (QED) is 0.840. The van der Waals surface area contributed by atoms with Crippen LogP contribution in [0.3, 0.4) is 0 Å². The Labute approximate surface area is 109 Å². The summed E-state index contributed by atoms with van der Waals surface area (Å²) < 4.78 is 11.1. The van der Waals surface area contributed by atoms with Gasteiger partial charge in [-0.3, -0.25) is 4.57 Å². The van der Waals surface area contributed by atoms with Crippen molar-refractivity contribution < 1.29 is 19.1 Å². The van der Waals surface area contributed by atoms with Gasteiger partial charge in [0.05, 0.1) is 19.2 Å². The molecule has 2 aromatic rings. The maximum absolute atomic E-state index is 11.9. The van der Waals surface area contributed by atoms with E-state index >= 15 is 0 Å². The molecule has 0 spiro atoms. The fraction of sp³-hybridized carbons (Fsp3) is 0.385. The highest BCUT2D eigenvalue weighted by Gasteiger charge is 2.24. The summed E-state index contributed by atoms with van der Waals surface area (Å²) in [7, 11) is 1.28. The topological polar surface area (TPSA) is 81.7 Å². The Balaban J connectivity index is 2.66. The first kappa shape index (κ1) is 13.4. The molecule has 0 aliphatic rings. The van der Waals surface area contributed by atoms with Crippen molar-refractivity contribution in [2.75, 3.05) is 7.11 Å². The zero-order valence-electron chi connectivity index (χ0n) is 10.8. The smallest absolute Gasteiger partial charge is 0.420 e. The number of oxazole rings is 1. The molecule has 1 heterocycles. The number of methoxy groups -OCH3 is 1. The number of ether oxygens (including phenoxy) is 1. The van der Waals surface area contributed by atoms with E-state index in [9.17, 15) is 9.59 Å². The van der Waals surface area contributed by atoms with Crippen molar-refractivity contribution >= 4 is 17.1 Å². The Bertz CT molecular complexity index is 655. The largest absolute Gasteiger partial charge is 0.467 e. The SMILES string of the molecule is CCC(C(=O)OC)n1c(=O)oc2ccc(CO)cc21. The molecule has 2 rings (SSSR count). The van der Waals surface area contributed by atoms with Gasteiger partial charge in [0, 0.05) is 0 Å². The normalized spacial score (nSPS) is 12.6. The van der Waals surface area contributed by atoms with Crippen LogP contribution >= 0.6 is 0 Å². The predicted molar refractivity (Wildman–Crippen MR) is 67.7 cm³/mol. The van der Waals surface area contributed by atoms with E-state index in [0.717, 1.165) is 0 Å². The van der Waals surface area contributed by atoms with Crippen LogP contribution in [0.5, 0.6) is 0 Å². The monoisotopic (exact) mass is 265 g/mol. The van der Waals surface area contributed by atoms with E-state index in [1.54, 1.807) is 25.1 Å². The van der Waals surface area contributed by atoms with Crippen molar-refractivity contribution in [1.29, 1.82) is 0 Å². The summed E-state index contributed by atoms with van der Waals surface area (Å²) in [6.07, 6.45) is 0.407. The fourth-order valence-electron chi connectivity index (χ4n) is 2.06. The number of fused-ring (bicyclic) bond motifs is 1. The number of esters is 1. The standard InChI is InChI=1S/C13H15NO5/c1-3-9(12(16)18-2)14-10-6-8(7-15)4-5-11(10)19-13(14)17/h4-6,9,15H,3,7H2,1-2H3. The summed E-state index contributed by atoms with van der Waals surface area (Å²) >= 11 is 0. The molecule has 0 fully saturated rings. The van der Waals surface area contributed by atoms with Crippen LogP contribution in [0.1, 0.15) is 24.9 Å². The number of nitrogens with zero attached hydrogens (tertiary/aromatic N) is 1. The summed E-state index contributed by atoms with van der Waals surface area (Å²) in [5.74, 6) is -1.11. The third-order valence-corrected chi connectivity index (χ3v) is 3.03. The Morgan fingerprint density at radius 1 is 1.53 bits per heavy atom. The highest BCUT2D eigenvalue weighted by Crippen LogP contribution is 2.21. The third-order valence-electron chi connectivity index (χ3n) is 3.03. The minimum absolute atomic E-state index is 0.148. The molecule has 0 saturated heterocycles. The molecule has 6 nitrogen and oxygen atoms in total. The lowest BCUT2D eigenvalue weighted by atomic mass is 10.2. The first-order valence-electron chi connectivity index (χ1n) is 5.95. The van der Waals surface area contributed by atoms with E-state index < -0.39 is 17.8 Å². The second kappa shape index (κ2) is 5.27. The van der Waals surface area contributed by atoms with Gasteiger partial charge >= 0.3 is 11.7 Å². The van der Waals surface area contributed by atoms with E-state index in [0.29, 0.717) is 23.1 Å². The summed E-state index contributed by atoms with van der Waals surface area (Å²) in [4.78, 5) is 23.6. The zero-order chi connectivity index (χ0) is 14.0. The van der Waals surface area contributed by atoms with E-state index in [2.05, 4.69) is 0 Å².